The van der Waals surface area contributed by atoms with Crippen molar-refractivity contribution in [1.29, 1.82) is 0 Å². The molecule has 0 radical (unpaired) electrons. The SMILES string of the molecule is CCN(CC)C(=O)C(C)NC(C)Cc1ccc(O)cc1. The van der Waals surface area contributed by atoms with Crippen molar-refractivity contribution in [2.75, 3.05) is 13.1 Å². The number of carbonyl (C=O) groups excluding carboxylic acids is 1. The highest BCUT2D eigenvalue weighted by Crippen LogP contribution is 2.11. The average molecular weight is 278 g/mol. The third-order valence-corrected chi connectivity index (χ3v) is 3.46. The molecule has 2 atom stereocenters. The van der Waals surface area contributed by atoms with Crippen LogP contribution in [-0.2, 0) is 11.2 Å². The number of phenolic OH excluding ortho intramolecular Hbond substituents is 1. The van der Waals surface area contributed by atoms with E-state index in [0.29, 0.717) is 0 Å². The summed E-state index contributed by atoms with van der Waals surface area (Å²) in [6.45, 7) is 9.45. The minimum Gasteiger partial charge on any atom is -0.508 e. The van der Waals surface area contributed by atoms with Crippen LogP contribution in [0.1, 0.15) is 33.3 Å². The molecule has 0 saturated heterocycles. The van der Waals surface area contributed by atoms with Crippen molar-refractivity contribution in [2.24, 2.45) is 0 Å². The minimum absolute atomic E-state index is 0.146. The third-order valence-electron chi connectivity index (χ3n) is 3.46. The molecule has 1 rings (SSSR count). The largest absolute Gasteiger partial charge is 0.508 e. The lowest BCUT2D eigenvalue weighted by atomic mass is 10.1. The van der Waals surface area contributed by atoms with Gasteiger partial charge in [-0.3, -0.25) is 4.79 Å². The maximum atomic E-state index is 12.2. The summed E-state index contributed by atoms with van der Waals surface area (Å²) in [7, 11) is 0. The number of nitrogens with zero attached hydrogens (tertiary/aromatic N) is 1. The van der Waals surface area contributed by atoms with Crippen molar-refractivity contribution in [3.63, 3.8) is 0 Å². The van der Waals surface area contributed by atoms with E-state index in [1.807, 2.05) is 37.8 Å². The number of phenols is 1. The summed E-state index contributed by atoms with van der Waals surface area (Å²) in [6, 6.07) is 7.21. The van der Waals surface area contributed by atoms with Crippen LogP contribution in [0.5, 0.6) is 5.75 Å². The Bertz CT molecular complexity index is 413. The molecule has 1 aromatic carbocycles. The van der Waals surface area contributed by atoms with Gasteiger partial charge in [-0.05, 0) is 51.8 Å². The van der Waals surface area contributed by atoms with Crippen LogP contribution in [0.3, 0.4) is 0 Å². The van der Waals surface area contributed by atoms with Gasteiger partial charge < -0.3 is 15.3 Å². The van der Waals surface area contributed by atoms with Gasteiger partial charge in [0.05, 0.1) is 6.04 Å². The summed E-state index contributed by atoms with van der Waals surface area (Å²) in [5.74, 6) is 0.423. The highest BCUT2D eigenvalue weighted by Gasteiger charge is 2.19. The second-order valence-corrected chi connectivity index (χ2v) is 5.17. The second kappa shape index (κ2) is 7.90. The maximum absolute atomic E-state index is 12.2. The molecule has 0 heterocycles. The Labute approximate surface area is 121 Å². The fraction of sp³-hybridized carbons (Fsp3) is 0.562. The Hall–Kier alpha value is -1.55. The first-order chi connectivity index (χ1) is 9.47. The lowest BCUT2D eigenvalue weighted by Gasteiger charge is -2.26. The zero-order chi connectivity index (χ0) is 15.1. The first-order valence-electron chi connectivity index (χ1n) is 7.30. The Morgan fingerprint density at radius 2 is 1.75 bits per heavy atom. The fourth-order valence-corrected chi connectivity index (χ4v) is 2.35. The zero-order valence-electron chi connectivity index (χ0n) is 12.9. The molecule has 0 aliphatic rings. The van der Waals surface area contributed by atoms with Gasteiger partial charge in [-0.2, -0.15) is 0 Å². The number of hydrogen-bond donors (Lipinski definition) is 2. The summed E-state index contributed by atoms with van der Waals surface area (Å²) < 4.78 is 0. The van der Waals surface area contributed by atoms with Crippen molar-refractivity contribution < 1.29 is 9.90 Å². The van der Waals surface area contributed by atoms with E-state index >= 15 is 0 Å². The number of hydrogen-bond acceptors (Lipinski definition) is 3. The summed E-state index contributed by atoms with van der Waals surface area (Å²) in [6.07, 6.45) is 0.830. The standard InChI is InChI=1S/C16H26N2O2/c1-5-18(6-2)16(20)13(4)17-12(3)11-14-7-9-15(19)10-8-14/h7-10,12-13,17,19H,5-6,11H2,1-4H3. The van der Waals surface area contributed by atoms with Crippen LogP contribution in [0, 0.1) is 0 Å². The monoisotopic (exact) mass is 278 g/mol. The van der Waals surface area contributed by atoms with Crippen molar-refractivity contribution in [3.8, 4) is 5.75 Å². The van der Waals surface area contributed by atoms with Crippen LogP contribution in [0.4, 0.5) is 0 Å². The summed E-state index contributed by atoms with van der Waals surface area (Å²) in [5, 5.41) is 12.6. The van der Waals surface area contributed by atoms with Crippen molar-refractivity contribution in [3.05, 3.63) is 29.8 Å². The molecule has 1 amide bonds. The Kier molecular flexibility index (Phi) is 6.52. The lowest BCUT2D eigenvalue weighted by molar-refractivity contribution is -0.132. The number of nitrogens with one attached hydrogen (secondary N) is 1. The molecule has 4 nitrogen and oxygen atoms in total. The van der Waals surface area contributed by atoms with Crippen LogP contribution >= 0.6 is 0 Å². The highest BCUT2D eigenvalue weighted by molar-refractivity contribution is 5.81. The summed E-state index contributed by atoms with van der Waals surface area (Å²) in [4.78, 5) is 14.0. The topological polar surface area (TPSA) is 52.6 Å². The van der Waals surface area contributed by atoms with Crippen LogP contribution in [0.2, 0.25) is 0 Å². The minimum atomic E-state index is -0.179. The Morgan fingerprint density at radius 3 is 2.25 bits per heavy atom. The molecule has 4 heteroatoms. The molecule has 2 unspecified atom stereocenters. The fourth-order valence-electron chi connectivity index (χ4n) is 2.35. The smallest absolute Gasteiger partial charge is 0.239 e. The number of likely N-dealkylation sites (N-methyl/N-ethyl adjacent to an activating group) is 1. The van der Waals surface area contributed by atoms with Crippen molar-refractivity contribution in [1.82, 2.24) is 10.2 Å². The molecule has 0 saturated carbocycles. The van der Waals surface area contributed by atoms with E-state index in [4.69, 9.17) is 0 Å². The number of aromatic hydroxyl groups is 1. The molecule has 0 bridgehead atoms. The number of benzene rings is 1. The zero-order valence-corrected chi connectivity index (χ0v) is 12.9. The van der Waals surface area contributed by atoms with E-state index in [9.17, 15) is 9.90 Å². The Balaban J connectivity index is 2.50. The van der Waals surface area contributed by atoms with Crippen LogP contribution in [0.25, 0.3) is 0 Å². The van der Waals surface area contributed by atoms with E-state index < -0.39 is 0 Å². The molecule has 112 valence electrons. The van der Waals surface area contributed by atoms with Gasteiger partial charge >= 0.3 is 0 Å². The van der Waals surface area contributed by atoms with Crippen molar-refractivity contribution >= 4 is 5.91 Å². The second-order valence-electron chi connectivity index (χ2n) is 5.17. The van der Waals surface area contributed by atoms with Gasteiger partial charge in [-0.1, -0.05) is 12.1 Å². The van der Waals surface area contributed by atoms with Gasteiger partial charge in [-0.25, -0.2) is 0 Å². The molecule has 0 spiro atoms. The molecule has 0 fully saturated rings. The molecular weight excluding hydrogens is 252 g/mol. The average Bonchev–Trinajstić information content (AvgIpc) is 2.42. The third kappa shape index (κ3) is 4.85. The van der Waals surface area contributed by atoms with Gasteiger partial charge in [0.2, 0.25) is 5.91 Å². The quantitative estimate of drug-likeness (QED) is 0.803. The molecule has 0 aliphatic carbocycles. The lowest BCUT2D eigenvalue weighted by Crippen LogP contribution is -2.48. The van der Waals surface area contributed by atoms with Gasteiger partial charge in [0.25, 0.3) is 0 Å². The van der Waals surface area contributed by atoms with Crippen molar-refractivity contribution in [2.45, 2.75) is 46.2 Å². The van der Waals surface area contributed by atoms with Gasteiger partial charge in [0, 0.05) is 19.1 Å². The van der Waals surface area contributed by atoms with E-state index in [1.165, 1.54) is 0 Å². The number of rotatable bonds is 7. The first-order valence-corrected chi connectivity index (χ1v) is 7.30. The number of carbonyl (C=O) groups is 1. The summed E-state index contributed by atoms with van der Waals surface area (Å²) in [5.41, 5.74) is 1.14. The van der Waals surface area contributed by atoms with E-state index in [-0.39, 0.29) is 23.7 Å². The van der Waals surface area contributed by atoms with Crippen LogP contribution < -0.4 is 5.32 Å². The van der Waals surface area contributed by atoms with Gasteiger partial charge in [-0.15, -0.1) is 0 Å². The molecule has 20 heavy (non-hydrogen) atoms. The normalized spacial score (nSPS) is 13.8. The first kappa shape index (κ1) is 16.5. The van der Waals surface area contributed by atoms with Crippen LogP contribution in [-0.4, -0.2) is 41.1 Å². The molecule has 0 aromatic heterocycles. The predicted octanol–water partition coefficient (Wildman–Crippen LogP) is 2.17. The van der Waals surface area contributed by atoms with Crippen LogP contribution in [0.15, 0.2) is 24.3 Å². The molecule has 1 aromatic rings. The van der Waals surface area contributed by atoms with E-state index in [1.54, 1.807) is 12.1 Å². The van der Waals surface area contributed by atoms with Gasteiger partial charge in [0.15, 0.2) is 0 Å². The molecular formula is C16H26N2O2. The van der Waals surface area contributed by atoms with E-state index in [0.717, 1.165) is 25.1 Å². The van der Waals surface area contributed by atoms with E-state index in [2.05, 4.69) is 12.2 Å². The summed E-state index contributed by atoms with van der Waals surface area (Å²) >= 11 is 0. The maximum Gasteiger partial charge on any atom is 0.239 e. The highest BCUT2D eigenvalue weighted by atomic mass is 16.3. The molecule has 0 aliphatic heterocycles. The van der Waals surface area contributed by atoms with Gasteiger partial charge in [0.1, 0.15) is 5.75 Å². The molecule has 2 N–H and O–H groups in total. The predicted molar refractivity (Wildman–Crippen MR) is 81.8 cm³/mol. The Morgan fingerprint density at radius 1 is 1.20 bits per heavy atom. The number of amides is 1.